The maximum absolute atomic E-state index is 14.3. The Bertz CT molecular complexity index is 1010. The summed E-state index contributed by atoms with van der Waals surface area (Å²) in [6.07, 6.45) is 0.846. The van der Waals surface area contributed by atoms with Gasteiger partial charge in [-0.25, -0.2) is 4.39 Å². The monoisotopic (exact) mass is 492 g/mol. The fourth-order valence-corrected chi connectivity index (χ4v) is 3.94. The van der Waals surface area contributed by atoms with E-state index in [9.17, 15) is 14.0 Å². The maximum atomic E-state index is 14.3. The van der Waals surface area contributed by atoms with E-state index < -0.39 is 17.9 Å². The Hall–Kier alpha value is -2.80. The van der Waals surface area contributed by atoms with Gasteiger partial charge in [-0.3, -0.25) is 9.59 Å². The minimum Gasteiger partial charge on any atom is -0.474 e. The summed E-state index contributed by atoms with van der Waals surface area (Å²) in [5.41, 5.74) is 11.0. The molecular weight excluding hydrogens is 462 g/mol. The van der Waals surface area contributed by atoms with E-state index in [1.165, 1.54) is 11.3 Å². The smallest absolute Gasteiger partial charge is 0.322 e. The lowest BCUT2D eigenvalue weighted by molar-refractivity contribution is -0.144. The molecule has 9 heteroatoms. The van der Waals surface area contributed by atoms with Crippen molar-refractivity contribution in [1.82, 2.24) is 0 Å². The van der Waals surface area contributed by atoms with Crippen molar-refractivity contribution in [2.24, 2.45) is 11.5 Å². The molecule has 0 saturated carbocycles. The summed E-state index contributed by atoms with van der Waals surface area (Å²) in [5.74, 6) is -1.34. The predicted octanol–water partition coefficient (Wildman–Crippen LogP) is 5.73. The second kappa shape index (κ2) is 15.1. The normalized spacial score (nSPS) is 12.1. The molecule has 4 N–H and O–H groups in total. The number of nitrogens with two attached hydrogens (primary N) is 2. The Morgan fingerprint density at radius 1 is 1.15 bits per heavy atom. The molecule has 0 saturated heterocycles. The number of fused-ring (bicyclic) bond motifs is 1. The Kier molecular flexibility index (Phi) is 12.9. The van der Waals surface area contributed by atoms with Crippen LogP contribution in [0.5, 0.6) is 5.75 Å². The number of hydrogen-bond donors (Lipinski definition) is 2. The summed E-state index contributed by atoms with van der Waals surface area (Å²) in [5, 5.41) is 0.823. The molecule has 1 heterocycles. The highest BCUT2D eigenvalue weighted by atomic mass is 32.1. The van der Waals surface area contributed by atoms with Crippen LogP contribution in [0.3, 0.4) is 0 Å². The van der Waals surface area contributed by atoms with Crippen molar-refractivity contribution in [3.8, 4) is 5.75 Å². The first-order valence-electron chi connectivity index (χ1n) is 10.2. The number of esters is 1. The average Bonchev–Trinajstić information content (AvgIpc) is 3.27. The quantitative estimate of drug-likeness (QED) is 0.237. The lowest BCUT2D eigenvalue weighted by Gasteiger charge is -2.10. The van der Waals surface area contributed by atoms with Gasteiger partial charge in [0, 0.05) is 4.70 Å². The number of rotatable bonds is 8. The number of thiophene rings is 1. The first-order chi connectivity index (χ1) is 15.8. The zero-order chi connectivity index (χ0) is 24.8. The molecule has 0 aliphatic heterocycles. The van der Waals surface area contributed by atoms with Crippen molar-refractivity contribution in [3.05, 3.63) is 78.2 Å². The highest BCUT2D eigenvalue weighted by Gasteiger charge is 2.14. The Balaban J connectivity index is 0.000000420. The molecule has 0 aliphatic carbocycles. The fraction of sp³-hybridized carbons (Fsp3) is 0.250. The standard InChI is InChI=1S/C16H13FNO2PS.C6H13NO2.C2H4/c17-15(21-20-12-4-2-1-3-5-12)10-6-7-13-11(8-10)9-14(22-13)16(18)19;1-3-4-9-6(8)5(2)7;1-2/h1-9,15,21H,(H2,18,19);5H,3-4,7H2,1-2H3;1-2H2. The minimum atomic E-state index is -1.21. The summed E-state index contributed by atoms with van der Waals surface area (Å²) in [4.78, 5) is 22.2. The minimum absolute atomic E-state index is 0.321. The second-order valence-electron chi connectivity index (χ2n) is 6.62. The van der Waals surface area contributed by atoms with Gasteiger partial charge in [0.05, 0.1) is 11.5 Å². The predicted molar refractivity (Wildman–Crippen MR) is 136 cm³/mol. The number of carbonyl (C=O) groups excluding carboxylic acids is 2. The van der Waals surface area contributed by atoms with Crippen LogP contribution in [0, 0.1) is 0 Å². The van der Waals surface area contributed by atoms with Gasteiger partial charge in [0.2, 0.25) is 0 Å². The van der Waals surface area contributed by atoms with Gasteiger partial charge >= 0.3 is 5.97 Å². The van der Waals surface area contributed by atoms with Crippen molar-refractivity contribution in [1.29, 1.82) is 0 Å². The zero-order valence-electron chi connectivity index (χ0n) is 18.8. The van der Waals surface area contributed by atoms with Gasteiger partial charge < -0.3 is 20.7 Å². The van der Waals surface area contributed by atoms with Crippen LogP contribution in [0.25, 0.3) is 10.1 Å². The summed E-state index contributed by atoms with van der Waals surface area (Å²) < 4.78 is 25.4. The SMILES string of the molecule is C=C.CCCOC(=O)C(C)N.NC(=O)c1cc2cc(C(F)POc3ccccc3)ccc2s1. The van der Waals surface area contributed by atoms with Gasteiger partial charge in [0.25, 0.3) is 5.91 Å². The van der Waals surface area contributed by atoms with E-state index in [0.29, 0.717) is 22.8 Å². The highest BCUT2D eigenvalue weighted by Crippen LogP contribution is 2.39. The van der Waals surface area contributed by atoms with Gasteiger partial charge in [0.15, 0.2) is 5.91 Å². The summed E-state index contributed by atoms with van der Waals surface area (Å²) in [6, 6.07) is 15.6. The molecule has 2 aromatic carbocycles. The van der Waals surface area contributed by atoms with Crippen molar-refractivity contribution in [2.75, 3.05) is 6.61 Å². The number of hydrogen-bond acceptors (Lipinski definition) is 6. The van der Waals surface area contributed by atoms with Crippen molar-refractivity contribution in [2.45, 2.75) is 32.2 Å². The molecule has 1 amide bonds. The Morgan fingerprint density at radius 3 is 2.39 bits per heavy atom. The van der Waals surface area contributed by atoms with E-state index >= 15 is 0 Å². The molecule has 178 valence electrons. The molecule has 1 aromatic heterocycles. The van der Waals surface area contributed by atoms with Gasteiger partial charge in [-0.15, -0.1) is 24.5 Å². The van der Waals surface area contributed by atoms with Gasteiger partial charge in [-0.05, 0) is 54.6 Å². The second-order valence-corrected chi connectivity index (χ2v) is 8.65. The first-order valence-corrected chi connectivity index (χ1v) is 12.0. The van der Waals surface area contributed by atoms with Crippen molar-refractivity contribution < 1.29 is 23.2 Å². The molecule has 0 bridgehead atoms. The van der Waals surface area contributed by atoms with E-state index in [0.717, 1.165) is 16.5 Å². The summed E-state index contributed by atoms with van der Waals surface area (Å²) in [6.45, 7) is 10.0. The number of primary amides is 1. The third-order valence-electron chi connectivity index (χ3n) is 3.92. The van der Waals surface area contributed by atoms with E-state index in [4.69, 9.17) is 16.0 Å². The highest BCUT2D eigenvalue weighted by molar-refractivity contribution is 7.33. The molecule has 0 aliphatic rings. The molecular formula is C24H30FN2O4PS. The van der Waals surface area contributed by atoms with Crippen molar-refractivity contribution in [3.63, 3.8) is 0 Å². The molecule has 3 rings (SSSR count). The number of carbonyl (C=O) groups is 2. The van der Waals surface area contributed by atoms with E-state index in [1.807, 2.05) is 25.1 Å². The van der Waals surface area contributed by atoms with Crippen molar-refractivity contribution >= 4 is 42.1 Å². The molecule has 3 unspecified atom stereocenters. The topological polar surface area (TPSA) is 105 Å². The lowest BCUT2D eigenvalue weighted by Crippen LogP contribution is -2.28. The number of halogens is 1. The molecule has 33 heavy (non-hydrogen) atoms. The Labute approximate surface area is 199 Å². The lowest BCUT2D eigenvalue weighted by atomic mass is 10.2. The summed E-state index contributed by atoms with van der Waals surface area (Å²) >= 11 is 1.31. The van der Waals surface area contributed by atoms with Crippen LogP contribution < -0.4 is 16.0 Å². The van der Waals surface area contributed by atoms with Gasteiger partial charge in [-0.1, -0.05) is 31.2 Å². The zero-order valence-corrected chi connectivity index (χ0v) is 20.6. The molecule has 0 radical (unpaired) electrons. The maximum Gasteiger partial charge on any atom is 0.322 e. The number of benzene rings is 2. The van der Waals surface area contributed by atoms with Crippen LogP contribution in [0.15, 0.2) is 67.8 Å². The number of amides is 1. The Morgan fingerprint density at radius 2 is 1.82 bits per heavy atom. The first kappa shape index (κ1) is 28.2. The number of alkyl halides is 1. The van der Waals surface area contributed by atoms with E-state index in [-0.39, 0.29) is 14.8 Å². The largest absolute Gasteiger partial charge is 0.474 e. The van der Waals surface area contributed by atoms with Crippen LogP contribution in [0.2, 0.25) is 0 Å². The number of ether oxygens (including phenoxy) is 1. The number of para-hydroxylation sites is 1. The van der Waals surface area contributed by atoms with Gasteiger partial charge in [-0.2, -0.15) is 0 Å². The van der Waals surface area contributed by atoms with Crippen LogP contribution in [-0.4, -0.2) is 24.5 Å². The molecule has 0 fully saturated rings. The molecule has 6 nitrogen and oxygen atoms in total. The third-order valence-corrected chi connectivity index (χ3v) is 5.94. The van der Waals surface area contributed by atoms with E-state index in [2.05, 4.69) is 17.9 Å². The van der Waals surface area contributed by atoms with Crippen LogP contribution in [0.4, 0.5) is 4.39 Å². The summed E-state index contributed by atoms with van der Waals surface area (Å²) in [7, 11) is -0.321. The fourth-order valence-electron chi connectivity index (χ4n) is 2.35. The third kappa shape index (κ3) is 9.70. The molecule has 3 aromatic rings. The average molecular weight is 493 g/mol. The van der Waals surface area contributed by atoms with Crippen LogP contribution in [0.1, 0.15) is 41.4 Å². The van der Waals surface area contributed by atoms with Crippen LogP contribution in [-0.2, 0) is 9.53 Å². The van der Waals surface area contributed by atoms with Crippen LogP contribution >= 0.6 is 20.1 Å². The van der Waals surface area contributed by atoms with E-state index in [1.54, 1.807) is 43.3 Å². The molecule has 0 spiro atoms. The van der Waals surface area contributed by atoms with Gasteiger partial charge in [0.1, 0.15) is 20.6 Å². The molecule has 3 atom stereocenters.